The quantitative estimate of drug-likeness (QED) is 0.811. The minimum atomic E-state index is 0.160. The fourth-order valence-corrected chi connectivity index (χ4v) is 5.66. The zero-order chi connectivity index (χ0) is 18.1. The van der Waals surface area contributed by atoms with Crippen molar-refractivity contribution in [3.63, 3.8) is 0 Å². The molecule has 1 aromatic carbocycles. The first-order chi connectivity index (χ1) is 12.6. The first kappa shape index (κ1) is 17.8. The van der Waals surface area contributed by atoms with Gasteiger partial charge in [-0.05, 0) is 86.7 Å². The number of carbonyl (C=O) groups excluding carboxylic acids is 1. The van der Waals surface area contributed by atoms with Gasteiger partial charge in [-0.1, -0.05) is 19.4 Å². The third-order valence-corrected chi connectivity index (χ3v) is 7.12. The summed E-state index contributed by atoms with van der Waals surface area (Å²) in [5.41, 5.74) is 9.72. The van der Waals surface area contributed by atoms with E-state index in [4.69, 9.17) is 5.73 Å². The predicted molar refractivity (Wildman–Crippen MR) is 106 cm³/mol. The van der Waals surface area contributed by atoms with E-state index in [1.165, 1.54) is 69.2 Å². The van der Waals surface area contributed by atoms with Gasteiger partial charge in [0.2, 0.25) is 5.91 Å². The van der Waals surface area contributed by atoms with E-state index in [2.05, 4.69) is 22.3 Å². The fourth-order valence-electron chi connectivity index (χ4n) is 5.66. The SMILES string of the molecule is CCC(=O)NC1c2ccc(N)cc2CC12CCC(N1CCCCC1)CC2. The van der Waals surface area contributed by atoms with Gasteiger partial charge in [0.25, 0.3) is 0 Å². The van der Waals surface area contributed by atoms with Crippen molar-refractivity contribution in [1.82, 2.24) is 10.2 Å². The van der Waals surface area contributed by atoms with E-state index in [1.54, 1.807) is 0 Å². The van der Waals surface area contributed by atoms with Gasteiger partial charge in [0.15, 0.2) is 0 Å². The highest BCUT2D eigenvalue weighted by atomic mass is 16.1. The maximum absolute atomic E-state index is 12.2. The molecule has 142 valence electrons. The van der Waals surface area contributed by atoms with Crippen molar-refractivity contribution in [2.24, 2.45) is 5.41 Å². The number of nitrogens with two attached hydrogens (primary N) is 1. The molecule has 4 nitrogen and oxygen atoms in total. The van der Waals surface area contributed by atoms with Crippen LogP contribution < -0.4 is 11.1 Å². The van der Waals surface area contributed by atoms with Crippen LogP contribution in [0.5, 0.6) is 0 Å². The number of fused-ring (bicyclic) bond motifs is 1. The van der Waals surface area contributed by atoms with Crippen LogP contribution in [0.15, 0.2) is 18.2 Å². The number of nitrogens with one attached hydrogen (secondary N) is 1. The molecule has 1 saturated carbocycles. The number of nitrogen functional groups attached to an aromatic ring is 1. The molecule has 2 aliphatic carbocycles. The van der Waals surface area contributed by atoms with Crippen LogP contribution in [0, 0.1) is 5.41 Å². The highest BCUT2D eigenvalue weighted by molar-refractivity contribution is 5.76. The number of piperidine rings is 1. The highest BCUT2D eigenvalue weighted by Gasteiger charge is 2.48. The molecule has 4 rings (SSSR count). The minimum absolute atomic E-state index is 0.160. The average Bonchev–Trinajstić information content (AvgIpc) is 2.95. The van der Waals surface area contributed by atoms with Crippen LogP contribution in [0.3, 0.4) is 0 Å². The number of hydrogen-bond donors (Lipinski definition) is 2. The van der Waals surface area contributed by atoms with E-state index in [9.17, 15) is 4.79 Å². The third kappa shape index (κ3) is 3.24. The van der Waals surface area contributed by atoms with Crippen LogP contribution in [0.2, 0.25) is 0 Å². The van der Waals surface area contributed by atoms with Crippen molar-refractivity contribution >= 4 is 11.6 Å². The van der Waals surface area contributed by atoms with Crippen molar-refractivity contribution < 1.29 is 4.79 Å². The lowest BCUT2D eigenvalue weighted by atomic mass is 9.67. The Kier molecular flexibility index (Phi) is 4.96. The average molecular weight is 356 g/mol. The summed E-state index contributed by atoms with van der Waals surface area (Å²) in [4.78, 5) is 15.0. The van der Waals surface area contributed by atoms with Gasteiger partial charge < -0.3 is 16.0 Å². The molecule has 1 spiro atoms. The molecule has 2 fully saturated rings. The smallest absolute Gasteiger partial charge is 0.220 e. The maximum atomic E-state index is 12.2. The normalized spacial score (nSPS) is 31.7. The van der Waals surface area contributed by atoms with E-state index >= 15 is 0 Å². The fraction of sp³-hybridized carbons (Fsp3) is 0.682. The lowest BCUT2D eigenvalue weighted by Gasteiger charge is -2.46. The zero-order valence-corrected chi connectivity index (χ0v) is 16.1. The number of carbonyl (C=O) groups is 1. The second-order valence-electron chi connectivity index (χ2n) is 8.68. The van der Waals surface area contributed by atoms with E-state index in [1.807, 2.05) is 13.0 Å². The number of amides is 1. The van der Waals surface area contributed by atoms with Crippen molar-refractivity contribution in [3.8, 4) is 0 Å². The summed E-state index contributed by atoms with van der Waals surface area (Å²) in [5.74, 6) is 0.164. The van der Waals surface area contributed by atoms with Crippen molar-refractivity contribution in [2.45, 2.75) is 76.8 Å². The van der Waals surface area contributed by atoms with Crippen molar-refractivity contribution in [2.75, 3.05) is 18.8 Å². The lowest BCUT2D eigenvalue weighted by molar-refractivity contribution is -0.122. The predicted octanol–water partition coefficient (Wildman–Crippen LogP) is 3.81. The second kappa shape index (κ2) is 7.22. The van der Waals surface area contributed by atoms with Crippen molar-refractivity contribution in [1.29, 1.82) is 0 Å². The van der Waals surface area contributed by atoms with Gasteiger partial charge in [0.05, 0.1) is 6.04 Å². The summed E-state index contributed by atoms with van der Waals surface area (Å²) in [6.07, 6.45) is 10.7. The molecule has 0 radical (unpaired) electrons. The summed E-state index contributed by atoms with van der Waals surface area (Å²) in [5, 5.41) is 3.37. The number of rotatable bonds is 3. The van der Waals surface area contributed by atoms with Crippen LogP contribution >= 0.6 is 0 Å². The number of hydrogen-bond acceptors (Lipinski definition) is 3. The molecular weight excluding hydrogens is 322 g/mol. The Bertz CT molecular complexity index is 657. The van der Waals surface area contributed by atoms with Crippen molar-refractivity contribution in [3.05, 3.63) is 29.3 Å². The third-order valence-electron chi connectivity index (χ3n) is 7.12. The molecule has 3 aliphatic rings. The first-order valence-corrected chi connectivity index (χ1v) is 10.5. The molecule has 1 unspecified atom stereocenters. The summed E-state index contributed by atoms with van der Waals surface area (Å²) in [6, 6.07) is 7.18. The molecule has 0 aromatic heterocycles. The summed E-state index contributed by atoms with van der Waals surface area (Å²) >= 11 is 0. The van der Waals surface area contributed by atoms with Crippen LogP contribution in [0.1, 0.15) is 75.5 Å². The van der Waals surface area contributed by atoms with Gasteiger partial charge in [0.1, 0.15) is 0 Å². The molecule has 1 aliphatic heterocycles. The van der Waals surface area contributed by atoms with Gasteiger partial charge in [-0.3, -0.25) is 4.79 Å². The Balaban J connectivity index is 1.53. The Labute approximate surface area is 157 Å². The van der Waals surface area contributed by atoms with Crippen LogP contribution in [-0.4, -0.2) is 29.9 Å². The lowest BCUT2D eigenvalue weighted by Crippen LogP contribution is -2.46. The Morgan fingerprint density at radius 1 is 1.23 bits per heavy atom. The monoisotopic (exact) mass is 355 g/mol. The summed E-state index contributed by atoms with van der Waals surface area (Å²) in [6.45, 7) is 4.50. The Morgan fingerprint density at radius 3 is 2.65 bits per heavy atom. The zero-order valence-electron chi connectivity index (χ0n) is 16.1. The molecule has 3 N–H and O–H groups in total. The molecule has 1 saturated heterocycles. The number of anilines is 1. The number of nitrogens with zero attached hydrogens (tertiary/aromatic N) is 1. The molecule has 1 amide bonds. The Morgan fingerprint density at radius 2 is 1.96 bits per heavy atom. The van der Waals surface area contributed by atoms with Gasteiger partial charge in [0, 0.05) is 18.2 Å². The topological polar surface area (TPSA) is 58.4 Å². The van der Waals surface area contributed by atoms with Crippen LogP contribution in [0.25, 0.3) is 0 Å². The largest absolute Gasteiger partial charge is 0.399 e. The van der Waals surface area contributed by atoms with Gasteiger partial charge >= 0.3 is 0 Å². The summed E-state index contributed by atoms with van der Waals surface area (Å²) < 4.78 is 0. The van der Waals surface area contributed by atoms with E-state index in [0.29, 0.717) is 6.42 Å². The molecule has 1 atom stereocenters. The second-order valence-corrected chi connectivity index (χ2v) is 8.68. The minimum Gasteiger partial charge on any atom is -0.399 e. The van der Waals surface area contributed by atoms with E-state index in [0.717, 1.165) is 18.2 Å². The molecule has 1 heterocycles. The van der Waals surface area contributed by atoms with E-state index < -0.39 is 0 Å². The van der Waals surface area contributed by atoms with Gasteiger partial charge in [-0.2, -0.15) is 0 Å². The molecule has 26 heavy (non-hydrogen) atoms. The first-order valence-electron chi connectivity index (χ1n) is 10.5. The number of benzene rings is 1. The molecule has 0 bridgehead atoms. The highest BCUT2D eigenvalue weighted by Crippen LogP contribution is 2.54. The van der Waals surface area contributed by atoms with E-state index in [-0.39, 0.29) is 17.4 Å². The maximum Gasteiger partial charge on any atom is 0.220 e. The van der Waals surface area contributed by atoms with Gasteiger partial charge in [-0.25, -0.2) is 0 Å². The number of likely N-dealkylation sites (tertiary alicyclic amines) is 1. The molecular formula is C22H33N3O. The van der Waals surface area contributed by atoms with Crippen LogP contribution in [0.4, 0.5) is 5.69 Å². The standard InChI is InChI=1S/C22H33N3O/c1-2-20(26)24-21-19-7-6-17(23)14-16(19)15-22(21)10-8-18(9-11-22)25-12-4-3-5-13-25/h6-7,14,18,21H,2-5,8-13,15,23H2,1H3,(H,24,26). The molecule has 1 aromatic rings. The Hall–Kier alpha value is -1.55. The summed E-state index contributed by atoms with van der Waals surface area (Å²) in [7, 11) is 0. The van der Waals surface area contributed by atoms with Gasteiger partial charge in [-0.15, -0.1) is 0 Å². The van der Waals surface area contributed by atoms with Crippen LogP contribution in [-0.2, 0) is 11.2 Å². The molecule has 4 heteroatoms.